The second-order valence-corrected chi connectivity index (χ2v) is 8.18. The Labute approximate surface area is 184 Å². The Morgan fingerprint density at radius 3 is 2.42 bits per heavy atom. The molecule has 0 atom stereocenters. The Kier molecular flexibility index (Phi) is 5.50. The van der Waals surface area contributed by atoms with Gasteiger partial charge in [-0.05, 0) is 23.6 Å². The molecule has 0 bridgehead atoms. The molecule has 2 aromatic rings. The lowest BCUT2D eigenvalue weighted by molar-refractivity contribution is -0.138. The van der Waals surface area contributed by atoms with Gasteiger partial charge in [-0.3, -0.25) is 9.78 Å². The van der Waals surface area contributed by atoms with E-state index in [1.165, 1.54) is 24.1 Å². The minimum atomic E-state index is -4.73. The molecule has 1 aliphatic carbocycles. The van der Waals surface area contributed by atoms with Crippen molar-refractivity contribution in [2.75, 3.05) is 20.2 Å². The number of aromatic nitrogens is 1. The number of benzene rings is 1. The fourth-order valence-electron chi connectivity index (χ4n) is 4.22. The molecular formula is C22H17F6N3O2. The minimum absolute atomic E-state index is 0.00338. The SMILES string of the molecule is COc1c(C#N)ccc(C2CC(F)(F)C2)c1C(=O)N1CC(c2ncc(C(F)(F)F)cc2F)C1. The van der Waals surface area contributed by atoms with Crippen molar-refractivity contribution in [1.82, 2.24) is 9.88 Å². The molecule has 0 radical (unpaired) electrons. The lowest BCUT2D eigenvalue weighted by Crippen LogP contribution is -2.49. The summed E-state index contributed by atoms with van der Waals surface area (Å²) in [5, 5.41) is 9.35. The molecular weight excluding hydrogens is 452 g/mol. The van der Waals surface area contributed by atoms with Crippen LogP contribution in [-0.2, 0) is 6.18 Å². The molecule has 33 heavy (non-hydrogen) atoms. The van der Waals surface area contributed by atoms with E-state index in [-0.39, 0.29) is 35.7 Å². The molecule has 174 valence electrons. The van der Waals surface area contributed by atoms with Crippen LogP contribution in [0.1, 0.15) is 57.4 Å². The molecule has 2 heterocycles. The van der Waals surface area contributed by atoms with Crippen molar-refractivity contribution in [3.8, 4) is 11.8 Å². The average Bonchev–Trinajstić information content (AvgIpc) is 2.69. The van der Waals surface area contributed by atoms with E-state index in [1.54, 1.807) is 0 Å². The molecule has 0 N–H and O–H groups in total. The van der Waals surface area contributed by atoms with Crippen LogP contribution in [0, 0.1) is 17.1 Å². The van der Waals surface area contributed by atoms with Crippen molar-refractivity contribution in [3.05, 3.63) is 58.2 Å². The van der Waals surface area contributed by atoms with Gasteiger partial charge in [-0.2, -0.15) is 18.4 Å². The summed E-state index contributed by atoms with van der Waals surface area (Å²) in [6.45, 7) is -0.0668. The highest BCUT2D eigenvalue weighted by molar-refractivity contribution is 6.00. The molecule has 1 aliphatic heterocycles. The van der Waals surface area contributed by atoms with E-state index in [0.29, 0.717) is 17.8 Å². The number of carbonyl (C=O) groups excluding carboxylic acids is 1. The number of alkyl halides is 5. The number of nitriles is 1. The summed E-state index contributed by atoms with van der Waals surface area (Å²) in [6, 6.07) is 5.13. The van der Waals surface area contributed by atoms with Crippen molar-refractivity contribution >= 4 is 5.91 Å². The van der Waals surface area contributed by atoms with Crippen LogP contribution in [0.5, 0.6) is 5.75 Å². The van der Waals surface area contributed by atoms with E-state index >= 15 is 0 Å². The van der Waals surface area contributed by atoms with Crippen LogP contribution < -0.4 is 4.74 Å². The minimum Gasteiger partial charge on any atom is -0.495 e. The van der Waals surface area contributed by atoms with E-state index in [9.17, 15) is 36.4 Å². The van der Waals surface area contributed by atoms with Gasteiger partial charge in [0.1, 0.15) is 17.6 Å². The number of hydrogen-bond acceptors (Lipinski definition) is 4. The second kappa shape index (κ2) is 7.93. The molecule has 5 nitrogen and oxygen atoms in total. The number of pyridine rings is 1. The third-order valence-electron chi connectivity index (χ3n) is 6.01. The van der Waals surface area contributed by atoms with Crippen LogP contribution in [0.2, 0.25) is 0 Å². The monoisotopic (exact) mass is 469 g/mol. The zero-order chi connectivity index (χ0) is 24.1. The van der Waals surface area contributed by atoms with Crippen molar-refractivity contribution in [2.45, 2.75) is 36.8 Å². The Hall–Kier alpha value is -3.29. The Balaban J connectivity index is 1.58. The van der Waals surface area contributed by atoms with E-state index in [1.807, 2.05) is 6.07 Å². The summed E-state index contributed by atoms with van der Waals surface area (Å²) in [4.78, 5) is 18.1. The third-order valence-corrected chi connectivity index (χ3v) is 6.01. The number of ether oxygens (including phenoxy) is 1. The molecule has 4 rings (SSSR count). The van der Waals surface area contributed by atoms with Crippen LogP contribution in [0.3, 0.4) is 0 Å². The number of methoxy groups -OCH3 is 1. The average molecular weight is 469 g/mol. The molecule has 0 unspecified atom stereocenters. The first-order valence-corrected chi connectivity index (χ1v) is 9.96. The second-order valence-electron chi connectivity index (χ2n) is 8.18. The Morgan fingerprint density at radius 2 is 1.91 bits per heavy atom. The Bertz CT molecular complexity index is 1140. The first-order chi connectivity index (χ1) is 15.4. The van der Waals surface area contributed by atoms with Gasteiger partial charge in [0, 0.05) is 38.0 Å². The standard InChI is InChI=1S/C22H17F6N3O2/c1-33-19-11(7-29)2-3-15(12-5-21(24,25)6-12)17(19)20(32)31-9-13(10-31)18-16(23)4-14(8-30-18)22(26,27)28/h2-4,8,12-13H,5-6,9-10H2,1H3. The number of likely N-dealkylation sites (tertiary alicyclic amines) is 1. The van der Waals surface area contributed by atoms with Gasteiger partial charge >= 0.3 is 6.18 Å². The molecule has 2 aliphatic rings. The summed E-state index contributed by atoms with van der Waals surface area (Å²) < 4.78 is 84.6. The topological polar surface area (TPSA) is 66.2 Å². The van der Waals surface area contributed by atoms with E-state index in [2.05, 4.69) is 4.98 Å². The van der Waals surface area contributed by atoms with Gasteiger partial charge < -0.3 is 9.64 Å². The van der Waals surface area contributed by atoms with Crippen molar-refractivity contribution in [3.63, 3.8) is 0 Å². The summed E-state index contributed by atoms with van der Waals surface area (Å²) in [6.07, 6.45) is -5.07. The molecule has 1 aromatic carbocycles. The number of carbonyl (C=O) groups is 1. The Morgan fingerprint density at radius 1 is 1.24 bits per heavy atom. The molecule has 2 fully saturated rings. The molecule has 1 aromatic heterocycles. The number of nitrogens with zero attached hydrogens (tertiary/aromatic N) is 3. The predicted octanol–water partition coefficient (Wildman–Crippen LogP) is 4.87. The molecule has 0 spiro atoms. The van der Waals surface area contributed by atoms with Gasteiger partial charge in [0.05, 0.1) is 29.5 Å². The van der Waals surface area contributed by atoms with E-state index in [0.717, 1.165) is 0 Å². The smallest absolute Gasteiger partial charge is 0.417 e. The number of hydrogen-bond donors (Lipinski definition) is 0. The van der Waals surface area contributed by atoms with Gasteiger partial charge in [-0.25, -0.2) is 13.2 Å². The fraction of sp³-hybridized carbons (Fsp3) is 0.409. The van der Waals surface area contributed by atoms with Crippen LogP contribution in [0.25, 0.3) is 0 Å². The van der Waals surface area contributed by atoms with Crippen molar-refractivity contribution < 1.29 is 35.9 Å². The van der Waals surface area contributed by atoms with Crippen LogP contribution in [-0.4, -0.2) is 41.9 Å². The summed E-state index contributed by atoms with van der Waals surface area (Å²) in [5.41, 5.74) is -1.01. The fourth-order valence-corrected chi connectivity index (χ4v) is 4.22. The van der Waals surface area contributed by atoms with Gasteiger partial charge in [-0.1, -0.05) is 6.07 Å². The maximum absolute atomic E-state index is 14.2. The molecule has 11 heteroatoms. The van der Waals surface area contributed by atoms with Crippen LogP contribution in [0.4, 0.5) is 26.3 Å². The van der Waals surface area contributed by atoms with Gasteiger partial charge in [0.15, 0.2) is 0 Å². The number of rotatable bonds is 4. The summed E-state index contributed by atoms with van der Waals surface area (Å²) in [7, 11) is 1.26. The van der Waals surface area contributed by atoms with Gasteiger partial charge in [0.25, 0.3) is 5.91 Å². The maximum Gasteiger partial charge on any atom is 0.417 e. The quantitative estimate of drug-likeness (QED) is 0.600. The normalized spacial score (nSPS) is 18.3. The summed E-state index contributed by atoms with van der Waals surface area (Å²) in [5.74, 6) is -5.79. The van der Waals surface area contributed by atoms with E-state index in [4.69, 9.17) is 4.74 Å². The lowest BCUT2D eigenvalue weighted by Gasteiger charge is -2.41. The third kappa shape index (κ3) is 4.10. The molecule has 1 saturated heterocycles. The van der Waals surface area contributed by atoms with Crippen LogP contribution in [0.15, 0.2) is 24.4 Å². The predicted molar refractivity (Wildman–Crippen MR) is 102 cm³/mol. The zero-order valence-corrected chi connectivity index (χ0v) is 17.2. The number of amides is 1. The highest BCUT2D eigenvalue weighted by Gasteiger charge is 2.48. The highest BCUT2D eigenvalue weighted by atomic mass is 19.4. The first kappa shape index (κ1) is 22.9. The van der Waals surface area contributed by atoms with Crippen LogP contribution >= 0.6 is 0 Å². The van der Waals surface area contributed by atoms with E-state index < -0.39 is 54.1 Å². The largest absolute Gasteiger partial charge is 0.495 e. The van der Waals surface area contributed by atoms with Gasteiger partial charge in [0.2, 0.25) is 5.92 Å². The zero-order valence-electron chi connectivity index (χ0n) is 17.2. The van der Waals surface area contributed by atoms with Crippen molar-refractivity contribution in [1.29, 1.82) is 5.26 Å². The summed E-state index contributed by atoms with van der Waals surface area (Å²) >= 11 is 0. The molecule has 1 amide bonds. The van der Waals surface area contributed by atoms with Gasteiger partial charge in [-0.15, -0.1) is 0 Å². The maximum atomic E-state index is 14.2. The molecule has 1 saturated carbocycles. The highest BCUT2D eigenvalue weighted by Crippen LogP contribution is 2.50. The van der Waals surface area contributed by atoms with Crippen molar-refractivity contribution in [2.24, 2.45) is 0 Å². The lowest BCUT2D eigenvalue weighted by atomic mass is 9.74. The first-order valence-electron chi connectivity index (χ1n) is 9.96. The number of halogens is 6.